The van der Waals surface area contributed by atoms with E-state index >= 15 is 0 Å². The third kappa shape index (κ3) is 0.689. The number of aliphatic imine (C=N–C) groups is 1. The predicted molar refractivity (Wildman–Crippen MR) is 36.9 cm³/mol. The first-order chi connectivity index (χ1) is 4.86. The van der Waals surface area contributed by atoms with Crippen LogP contribution in [0.25, 0.3) is 0 Å². The highest BCUT2D eigenvalue weighted by Crippen LogP contribution is 2.06. The highest BCUT2D eigenvalue weighted by Gasteiger charge is 2.29. The quantitative estimate of drug-likeness (QED) is 0.470. The molecule has 10 heavy (non-hydrogen) atoms. The molecule has 2 N–H and O–H groups in total. The summed E-state index contributed by atoms with van der Waals surface area (Å²) in [7, 11) is 0. The van der Waals surface area contributed by atoms with Crippen LogP contribution in [0.2, 0.25) is 0 Å². The first-order valence-electron chi connectivity index (χ1n) is 3.13. The zero-order chi connectivity index (χ0) is 6.97. The molecule has 2 rings (SSSR count). The Bertz CT molecular complexity index is 199. The molecule has 1 unspecified atom stereocenters. The molecule has 1 saturated heterocycles. The molecule has 2 atom stereocenters. The van der Waals surface area contributed by atoms with Crippen LogP contribution in [-0.4, -0.2) is 24.5 Å². The average Bonchev–Trinajstić information content (AvgIpc) is 2.27. The molecule has 2 heterocycles. The Hall–Kier alpha value is -1.32. The van der Waals surface area contributed by atoms with Crippen molar-refractivity contribution in [3.63, 3.8) is 0 Å². The van der Waals surface area contributed by atoms with Crippen LogP contribution in [0.15, 0.2) is 17.1 Å². The number of amides is 2. The van der Waals surface area contributed by atoms with Gasteiger partial charge in [0.25, 0.3) is 0 Å². The minimum absolute atomic E-state index is 0.0532. The van der Waals surface area contributed by atoms with Crippen molar-refractivity contribution in [2.45, 2.75) is 12.2 Å². The van der Waals surface area contributed by atoms with Crippen molar-refractivity contribution >= 4 is 12.2 Å². The molecule has 4 nitrogen and oxygen atoms in total. The number of hydrogen-bond acceptors (Lipinski definition) is 2. The van der Waals surface area contributed by atoms with Gasteiger partial charge in [-0.15, -0.1) is 0 Å². The number of rotatable bonds is 0. The molecule has 1 fully saturated rings. The lowest BCUT2D eigenvalue weighted by Gasteiger charge is -2.11. The summed E-state index contributed by atoms with van der Waals surface area (Å²) >= 11 is 0. The number of carbonyl (C=O) groups excluding carboxylic acids is 1. The normalized spacial score (nSPS) is 35.0. The number of nitrogens with zero attached hydrogens (tertiary/aromatic N) is 1. The molecular formula is C6H7N3O. The van der Waals surface area contributed by atoms with Gasteiger partial charge < -0.3 is 10.6 Å². The standard InChI is InChI=1S/C6H7N3O/c10-6-8-4-2-1-3-7-5(4)9-6/h1-5H,(H2,8,9,10)/t4?,5-/m1/s1. The van der Waals surface area contributed by atoms with E-state index in [1.54, 1.807) is 6.21 Å². The van der Waals surface area contributed by atoms with Crippen LogP contribution in [0.4, 0.5) is 4.79 Å². The van der Waals surface area contributed by atoms with E-state index < -0.39 is 0 Å². The Kier molecular flexibility index (Phi) is 1.00. The summed E-state index contributed by atoms with van der Waals surface area (Å²) in [4.78, 5) is 14.7. The van der Waals surface area contributed by atoms with Crippen LogP contribution >= 0.6 is 0 Å². The zero-order valence-corrected chi connectivity index (χ0v) is 5.24. The van der Waals surface area contributed by atoms with Crippen molar-refractivity contribution in [2.75, 3.05) is 0 Å². The van der Waals surface area contributed by atoms with E-state index in [-0.39, 0.29) is 18.2 Å². The number of fused-ring (bicyclic) bond motifs is 1. The van der Waals surface area contributed by atoms with E-state index in [0.717, 1.165) is 0 Å². The van der Waals surface area contributed by atoms with Gasteiger partial charge in [0.05, 0.1) is 6.04 Å². The van der Waals surface area contributed by atoms with Crippen LogP contribution in [0.1, 0.15) is 0 Å². The Morgan fingerprint density at radius 2 is 2.40 bits per heavy atom. The summed E-state index contributed by atoms with van der Waals surface area (Å²) in [5.41, 5.74) is 0. The third-order valence-corrected chi connectivity index (χ3v) is 1.57. The van der Waals surface area contributed by atoms with Crippen LogP contribution in [-0.2, 0) is 0 Å². The number of dihydropyridines is 1. The molecule has 2 amide bonds. The largest absolute Gasteiger partial charge is 0.328 e. The molecule has 0 saturated carbocycles. The second-order valence-electron chi connectivity index (χ2n) is 2.27. The lowest BCUT2D eigenvalue weighted by molar-refractivity contribution is 0.247. The molecule has 0 aromatic carbocycles. The van der Waals surface area contributed by atoms with Crippen LogP contribution in [0, 0.1) is 0 Å². The Labute approximate surface area is 58.0 Å². The average molecular weight is 137 g/mol. The molecule has 0 aromatic heterocycles. The SMILES string of the molecule is O=C1NC2C=CC=N[C@@H]2N1. The van der Waals surface area contributed by atoms with Gasteiger partial charge in [-0.2, -0.15) is 0 Å². The number of urea groups is 1. The zero-order valence-electron chi connectivity index (χ0n) is 5.24. The number of hydrogen-bond donors (Lipinski definition) is 2. The van der Waals surface area contributed by atoms with Crippen molar-refractivity contribution in [2.24, 2.45) is 4.99 Å². The first-order valence-corrected chi connectivity index (χ1v) is 3.13. The van der Waals surface area contributed by atoms with Crippen molar-refractivity contribution < 1.29 is 4.79 Å². The van der Waals surface area contributed by atoms with E-state index in [9.17, 15) is 4.79 Å². The number of nitrogens with one attached hydrogen (secondary N) is 2. The summed E-state index contributed by atoms with van der Waals surface area (Å²) < 4.78 is 0. The Balaban J connectivity index is 2.22. The molecule has 0 aliphatic carbocycles. The van der Waals surface area contributed by atoms with E-state index in [0.29, 0.717) is 0 Å². The van der Waals surface area contributed by atoms with Gasteiger partial charge in [0.2, 0.25) is 0 Å². The van der Waals surface area contributed by atoms with E-state index in [1.165, 1.54) is 0 Å². The Morgan fingerprint density at radius 3 is 3.20 bits per heavy atom. The monoisotopic (exact) mass is 137 g/mol. The van der Waals surface area contributed by atoms with Crippen molar-refractivity contribution in [3.8, 4) is 0 Å². The fourth-order valence-electron chi connectivity index (χ4n) is 1.09. The van der Waals surface area contributed by atoms with Gasteiger partial charge in [0.15, 0.2) is 0 Å². The second-order valence-corrected chi connectivity index (χ2v) is 2.27. The number of allylic oxidation sites excluding steroid dienone is 1. The van der Waals surface area contributed by atoms with Gasteiger partial charge in [-0.25, -0.2) is 4.79 Å². The summed E-state index contributed by atoms with van der Waals surface area (Å²) in [5, 5.41) is 5.36. The molecule has 0 radical (unpaired) electrons. The predicted octanol–water partition coefficient (Wildman–Crippen LogP) is -0.366. The van der Waals surface area contributed by atoms with Gasteiger partial charge in [-0.05, 0) is 6.08 Å². The molecule has 2 aliphatic rings. The van der Waals surface area contributed by atoms with Crippen LogP contribution in [0.5, 0.6) is 0 Å². The van der Waals surface area contributed by atoms with Crippen molar-refractivity contribution in [3.05, 3.63) is 12.2 Å². The summed E-state index contributed by atoms with van der Waals surface area (Å²) in [5.74, 6) is 0. The minimum atomic E-state index is -0.140. The fraction of sp³-hybridized carbons (Fsp3) is 0.333. The van der Waals surface area contributed by atoms with Crippen molar-refractivity contribution in [1.29, 1.82) is 0 Å². The first kappa shape index (κ1) is 5.46. The van der Waals surface area contributed by atoms with Gasteiger partial charge in [0.1, 0.15) is 6.17 Å². The molecule has 0 spiro atoms. The molecule has 4 heteroatoms. The van der Waals surface area contributed by atoms with Crippen molar-refractivity contribution in [1.82, 2.24) is 10.6 Å². The van der Waals surface area contributed by atoms with E-state index in [1.807, 2.05) is 12.2 Å². The van der Waals surface area contributed by atoms with Crippen LogP contribution < -0.4 is 10.6 Å². The van der Waals surface area contributed by atoms with Gasteiger partial charge in [-0.1, -0.05) is 6.08 Å². The fourth-order valence-corrected chi connectivity index (χ4v) is 1.09. The third-order valence-electron chi connectivity index (χ3n) is 1.57. The maximum atomic E-state index is 10.7. The second kappa shape index (κ2) is 1.83. The molecular weight excluding hydrogens is 130 g/mol. The van der Waals surface area contributed by atoms with E-state index in [2.05, 4.69) is 15.6 Å². The molecule has 52 valence electrons. The summed E-state index contributed by atoms with van der Waals surface area (Å²) in [6.45, 7) is 0. The maximum Gasteiger partial charge on any atom is 0.317 e. The topological polar surface area (TPSA) is 53.5 Å². The minimum Gasteiger partial charge on any atom is -0.328 e. The smallest absolute Gasteiger partial charge is 0.317 e. The van der Waals surface area contributed by atoms with Crippen LogP contribution in [0.3, 0.4) is 0 Å². The molecule has 2 aliphatic heterocycles. The highest BCUT2D eigenvalue weighted by molar-refractivity contribution is 5.81. The summed E-state index contributed by atoms with van der Waals surface area (Å²) in [6.07, 6.45) is 5.34. The highest BCUT2D eigenvalue weighted by atomic mass is 16.2. The lowest BCUT2D eigenvalue weighted by Crippen LogP contribution is -2.31. The van der Waals surface area contributed by atoms with Gasteiger partial charge in [-0.3, -0.25) is 4.99 Å². The molecule has 0 aromatic rings. The van der Waals surface area contributed by atoms with Gasteiger partial charge in [0, 0.05) is 6.21 Å². The lowest BCUT2D eigenvalue weighted by atomic mass is 10.2. The number of carbonyl (C=O) groups is 1. The van der Waals surface area contributed by atoms with E-state index in [4.69, 9.17) is 0 Å². The Morgan fingerprint density at radius 1 is 1.50 bits per heavy atom. The molecule has 0 bridgehead atoms. The summed E-state index contributed by atoms with van der Waals surface area (Å²) in [6, 6.07) is -0.0869. The maximum absolute atomic E-state index is 10.7. The van der Waals surface area contributed by atoms with Gasteiger partial charge >= 0.3 is 6.03 Å².